The SMILES string of the molecule is CCOC(=O)[C@H](C)Nc1nc(N)nc(OCC2CCCCC2)c1N=O. The summed E-state index contributed by atoms with van der Waals surface area (Å²) in [6, 6.07) is -0.721. The number of rotatable bonds is 8. The number of aromatic nitrogens is 2. The van der Waals surface area contributed by atoms with Crippen molar-refractivity contribution in [1.29, 1.82) is 0 Å². The topological polar surface area (TPSA) is 129 Å². The summed E-state index contributed by atoms with van der Waals surface area (Å²) in [6.07, 6.45) is 5.80. The van der Waals surface area contributed by atoms with Crippen LogP contribution in [0.15, 0.2) is 5.18 Å². The smallest absolute Gasteiger partial charge is 0.328 e. The lowest BCUT2D eigenvalue weighted by molar-refractivity contribution is -0.143. The van der Waals surface area contributed by atoms with E-state index >= 15 is 0 Å². The number of esters is 1. The van der Waals surface area contributed by atoms with Crippen molar-refractivity contribution in [3.05, 3.63) is 4.91 Å². The molecule has 0 unspecified atom stereocenters. The fourth-order valence-electron chi connectivity index (χ4n) is 2.82. The number of hydrogen-bond acceptors (Lipinski definition) is 9. The highest BCUT2D eigenvalue weighted by Gasteiger charge is 2.22. The van der Waals surface area contributed by atoms with E-state index in [-0.39, 0.29) is 29.9 Å². The largest absolute Gasteiger partial charge is 0.476 e. The Balaban J connectivity index is 2.12. The first kappa shape index (κ1) is 18.9. The molecule has 3 N–H and O–H groups in total. The minimum Gasteiger partial charge on any atom is -0.476 e. The molecular formula is C16H25N5O4. The van der Waals surface area contributed by atoms with Crippen molar-refractivity contribution in [2.75, 3.05) is 24.3 Å². The zero-order chi connectivity index (χ0) is 18.2. The van der Waals surface area contributed by atoms with Gasteiger partial charge in [-0.25, -0.2) is 4.79 Å². The molecule has 1 atom stereocenters. The van der Waals surface area contributed by atoms with Crippen LogP contribution in [0, 0.1) is 10.8 Å². The number of nitrogens with two attached hydrogens (primary N) is 1. The van der Waals surface area contributed by atoms with Gasteiger partial charge in [-0.3, -0.25) is 0 Å². The second-order valence-corrected chi connectivity index (χ2v) is 6.11. The molecule has 9 heteroatoms. The second kappa shape index (κ2) is 9.14. The van der Waals surface area contributed by atoms with Crippen LogP contribution < -0.4 is 15.8 Å². The highest BCUT2D eigenvalue weighted by molar-refractivity contribution is 5.80. The minimum atomic E-state index is -0.721. The predicted octanol–water partition coefficient (Wildman–Crippen LogP) is 2.78. The summed E-state index contributed by atoms with van der Waals surface area (Å²) in [4.78, 5) is 31.0. The fourth-order valence-corrected chi connectivity index (χ4v) is 2.82. The quantitative estimate of drug-likeness (QED) is 0.540. The number of carbonyl (C=O) groups excluding carboxylic acids is 1. The van der Waals surface area contributed by atoms with Gasteiger partial charge < -0.3 is 20.5 Å². The van der Waals surface area contributed by atoms with E-state index in [9.17, 15) is 9.70 Å². The van der Waals surface area contributed by atoms with Crippen molar-refractivity contribution >= 4 is 23.4 Å². The zero-order valence-corrected chi connectivity index (χ0v) is 14.7. The van der Waals surface area contributed by atoms with Crippen LogP contribution >= 0.6 is 0 Å². The molecule has 0 aliphatic heterocycles. The maximum absolute atomic E-state index is 11.7. The van der Waals surface area contributed by atoms with E-state index in [1.807, 2.05) is 0 Å². The summed E-state index contributed by atoms with van der Waals surface area (Å²) in [5.74, 6) is -0.0153. The number of anilines is 2. The minimum absolute atomic E-state index is 0.0339. The van der Waals surface area contributed by atoms with Crippen LogP contribution in [-0.2, 0) is 9.53 Å². The number of nitrogens with zero attached hydrogens (tertiary/aromatic N) is 3. The van der Waals surface area contributed by atoms with Crippen molar-refractivity contribution in [1.82, 2.24) is 9.97 Å². The normalized spacial score (nSPS) is 16.1. The summed E-state index contributed by atoms with van der Waals surface area (Å²) in [5, 5.41) is 5.75. The van der Waals surface area contributed by atoms with E-state index in [1.165, 1.54) is 19.3 Å². The van der Waals surface area contributed by atoms with Gasteiger partial charge in [0.1, 0.15) is 6.04 Å². The summed E-state index contributed by atoms with van der Waals surface area (Å²) >= 11 is 0. The Hall–Kier alpha value is -2.45. The second-order valence-electron chi connectivity index (χ2n) is 6.11. The van der Waals surface area contributed by atoms with Gasteiger partial charge >= 0.3 is 5.97 Å². The van der Waals surface area contributed by atoms with Gasteiger partial charge in [0.25, 0.3) is 5.88 Å². The van der Waals surface area contributed by atoms with Gasteiger partial charge in [0.2, 0.25) is 11.6 Å². The average molecular weight is 351 g/mol. The van der Waals surface area contributed by atoms with Gasteiger partial charge in [-0.15, -0.1) is 4.91 Å². The molecule has 0 bridgehead atoms. The van der Waals surface area contributed by atoms with Crippen molar-refractivity contribution in [2.45, 2.75) is 52.0 Å². The molecule has 0 spiro atoms. The molecule has 2 rings (SSSR count). The number of nitroso groups, excluding NO2 is 1. The number of nitrogens with one attached hydrogen (secondary N) is 1. The molecule has 1 heterocycles. The van der Waals surface area contributed by atoms with E-state index in [4.69, 9.17) is 15.2 Å². The number of carbonyl (C=O) groups is 1. The predicted molar refractivity (Wildman–Crippen MR) is 93.7 cm³/mol. The van der Waals surface area contributed by atoms with Crippen molar-refractivity contribution in [3.63, 3.8) is 0 Å². The third-order valence-corrected chi connectivity index (χ3v) is 4.13. The van der Waals surface area contributed by atoms with Gasteiger partial charge in [0.05, 0.1) is 13.2 Å². The van der Waals surface area contributed by atoms with Crippen LogP contribution in [-0.4, -0.2) is 35.2 Å². The molecule has 1 aromatic rings. The highest BCUT2D eigenvalue weighted by Crippen LogP contribution is 2.34. The Labute approximate surface area is 146 Å². The molecule has 138 valence electrons. The lowest BCUT2D eigenvalue weighted by Crippen LogP contribution is -2.29. The molecule has 25 heavy (non-hydrogen) atoms. The molecule has 1 aliphatic rings. The summed E-state index contributed by atoms with van der Waals surface area (Å²) < 4.78 is 10.6. The molecule has 0 radical (unpaired) electrons. The Morgan fingerprint density at radius 3 is 2.72 bits per heavy atom. The lowest BCUT2D eigenvalue weighted by atomic mass is 9.90. The van der Waals surface area contributed by atoms with E-state index < -0.39 is 12.0 Å². The first-order chi connectivity index (χ1) is 12.0. The highest BCUT2D eigenvalue weighted by atomic mass is 16.5. The maximum atomic E-state index is 11.7. The first-order valence-corrected chi connectivity index (χ1v) is 8.62. The number of ether oxygens (including phenoxy) is 2. The van der Waals surface area contributed by atoms with Crippen molar-refractivity contribution in [3.8, 4) is 5.88 Å². The van der Waals surface area contributed by atoms with E-state index in [0.717, 1.165) is 12.8 Å². The average Bonchev–Trinajstić information content (AvgIpc) is 2.60. The Morgan fingerprint density at radius 1 is 1.36 bits per heavy atom. The molecule has 1 saturated carbocycles. The van der Waals surface area contributed by atoms with Crippen LogP contribution in [0.3, 0.4) is 0 Å². The van der Waals surface area contributed by atoms with Gasteiger partial charge in [-0.05, 0) is 37.8 Å². The Bertz CT molecular complexity index is 604. The fraction of sp³-hybridized carbons (Fsp3) is 0.688. The Kier molecular flexibility index (Phi) is 6.91. The summed E-state index contributed by atoms with van der Waals surface area (Å²) in [6.45, 7) is 4.01. The van der Waals surface area contributed by atoms with Gasteiger partial charge in [-0.1, -0.05) is 19.3 Å². The number of hydrogen-bond donors (Lipinski definition) is 2. The molecule has 1 aliphatic carbocycles. The molecule has 1 aromatic heterocycles. The lowest BCUT2D eigenvalue weighted by Gasteiger charge is -2.22. The van der Waals surface area contributed by atoms with Gasteiger partial charge in [0, 0.05) is 0 Å². The first-order valence-electron chi connectivity index (χ1n) is 8.62. The van der Waals surface area contributed by atoms with Crippen LogP contribution in [0.2, 0.25) is 0 Å². The summed E-state index contributed by atoms with van der Waals surface area (Å²) in [7, 11) is 0. The van der Waals surface area contributed by atoms with Crippen molar-refractivity contribution in [2.24, 2.45) is 11.1 Å². The molecule has 1 fully saturated rings. The Morgan fingerprint density at radius 2 is 2.08 bits per heavy atom. The molecule has 0 amide bonds. The molecular weight excluding hydrogens is 326 g/mol. The third kappa shape index (κ3) is 5.27. The molecule has 0 aromatic carbocycles. The van der Waals surface area contributed by atoms with Gasteiger partial charge in [-0.2, -0.15) is 9.97 Å². The van der Waals surface area contributed by atoms with E-state index in [0.29, 0.717) is 12.5 Å². The van der Waals surface area contributed by atoms with E-state index in [2.05, 4.69) is 20.5 Å². The monoisotopic (exact) mass is 351 g/mol. The van der Waals surface area contributed by atoms with E-state index in [1.54, 1.807) is 13.8 Å². The zero-order valence-electron chi connectivity index (χ0n) is 14.7. The number of nitrogen functional groups attached to an aromatic ring is 1. The van der Waals surface area contributed by atoms with Gasteiger partial charge in [0.15, 0.2) is 5.82 Å². The van der Waals surface area contributed by atoms with Crippen LogP contribution in [0.5, 0.6) is 5.88 Å². The molecule has 0 saturated heterocycles. The standard InChI is InChI=1S/C16H25N5O4/c1-3-24-15(22)10(2)18-13-12(21-23)14(20-16(17)19-13)25-9-11-7-5-4-6-8-11/h10-11H,3-9H2,1-2H3,(H3,17,18,19,20)/t10-/m0/s1. The third-order valence-electron chi connectivity index (χ3n) is 4.13. The maximum Gasteiger partial charge on any atom is 0.328 e. The van der Waals surface area contributed by atoms with Crippen LogP contribution in [0.4, 0.5) is 17.5 Å². The summed E-state index contributed by atoms with van der Waals surface area (Å²) in [5.41, 5.74) is 5.60. The van der Waals surface area contributed by atoms with Crippen molar-refractivity contribution < 1.29 is 14.3 Å². The van der Waals surface area contributed by atoms with Crippen LogP contribution in [0.1, 0.15) is 46.0 Å². The molecule has 9 nitrogen and oxygen atoms in total. The van der Waals surface area contributed by atoms with Crippen LogP contribution in [0.25, 0.3) is 0 Å².